The van der Waals surface area contributed by atoms with E-state index in [1.165, 1.54) is 0 Å². The highest BCUT2D eigenvalue weighted by Crippen LogP contribution is 2.23. The molecule has 1 unspecified atom stereocenters. The smallest absolute Gasteiger partial charge is 0.255 e. The molecule has 0 saturated heterocycles. The zero-order valence-electron chi connectivity index (χ0n) is 16.7. The summed E-state index contributed by atoms with van der Waals surface area (Å²) < 4.78 is 11.3. The molecule has 0 aliphatic heterocycles. The largest absolute Gasteiger partial charge is 0.493 e. The number of fused-ring (bicyclic) bond motifs is 1. The van der Waals surface area contributed by atoms with Crippen LogP contribution in [0, 0.1) is 0 Å². The van der Waals surface area contributed by atoms with Crippen LogP contribution in [0.1, 0.15) is 48.8 Å². The summed E-state index contributed by atoms with van der Waals surface area (Å²) in [6.45, 7) is 4.67. The summed E-state index contributed by atoms with van der Waals surface area (Å²) in [4.78, 5) is 24.5. The number of rotatable bonds is 9. The van der Waals surface area contributed by atoms with Crippen LogP contribution in [0.3, 0.4) is 0 Å². The van der Waals surface area contributed by atoms with E-state index < -0.39 is 0 Å². The summed E-state index contributed by atoms with van der Waals surface area (Å²) in [5, 5.41) is 6.79. The van der Waals surface area contributed by atoms with Crippen LogP contribution in [0.15, 0.2) is 59.0 Å². The molecule has 0 radical (unpaired) electrons. The molecule has 0 bridgehead atoms. The summed E-state index contributed by atoms with van der Waals surface area (Å²) in [6, 6.07) is 16.6. The second-order valence-electron chi connectivity index (χ2n) is 6.76. The van der Waals surface area contributed by atoms with Crippen molar-refractivity contribution >= 4 is 22.8 Å². The Balaban J connectivity index is 1.43. The van der Waals surface area contributed by atoms with E-state index in [4.69, 9.17) is 9.15 Å². The molecule has 3 aromatic rings. The van der Waals surface area contributed by atoms with E-state index >= 15 is 0 Å². The lowest BCUT2D eigenvalue weighted by molar-refractivity contribution is -0.121. The summed E-state index contributed by atoms with van der Waals surface area (Å²) >= 11 is 0. The van der Waals surface area contributed by atoms with Gasteiger partial charge in [0.1, 0.15) is 17.1 Å². The molecule has 0 aliphatic carbocycles. The number of amides is 2. The average molecular weight is 394 g/mol. The number of nitrogens with one attached hydrogen (secondary N) is 2. The number of carbonyl (C=O) groups is 2. The number of hydrogen-bond donors (Lipinski definition) is 2. The zero-order chi connectivity index (χ0) is 20.6. The van der Waals surface area contributed by atoms with Crippen LogP contribution < -0.4 is 15.4 Å². The number of carbonyl (C=O) groups excluding carboxylic acids is 2. The Bertz CT molecular complexity index is 947. The van der Waals surface area contributed by atoms with Gasteiger partial charge in [-0.3, -0.25) is 9.59 Å². The number of furan rings is 1. The van der Waals surface area contributed by atoms with Crippen LogP contribution in [-0.2, 0) is 4.79 Å². The molecule has 1 heterocycles. The lowest BCUT2D eigenvalue weighted by atomic mass is 10.2. The minimum atomic E-state index is -0.220. The second-order valence-corrected chi connectivity index (χ2v) is 6.76. The van der Waals surface area contributed by atoms with Gasteiger partial charge in [-0.15, -0.1) is 0 Å². The second kappa shape index (κ2) is 9.78. The third-order valence-electron chi connectivity index (χ3n) is 4.55. The van der Waals surface area contributed by atoms with Gasteiger partial charge in [-0.2, -0.15) is 0 Å². The first-order valence-corrected chi connectivity index (χ1v) is 9.86. The number of para-hydroxylation sites is 2. The first kappa shape index (κ1) is 20.5. The minimum Gasteiger partial charge on any atom is -0.493 e. The molecule has 0 saturated carbocycles. The zero-order valence-corrected chi connectivity index (χ0v) is 16.7. The molecule has 6 heteroatoms. The molecular weight excluding hydrogens is 368 g/mol. The minimum absolute atomic E-state index is 0.0816. The fourth-order valence-electron chi connectivity index (χ4n) is 3.08. The molecule has 6 nitrogen and oxygen atoms in total. The van der Waals surface area contributed by atoms with Crippen molar-refractivity contribution in [2.75, 3.05) is 13.2 Å². The summed E-state index contributed by atoms with van der Waals surface area (Å²) in [7, 11) is 0. The van der Waals surface area contributed by atoms with Gasteiger partial charge in [0.05, 0.1) is 18.2 Å². The monoisotopic (exact) mass is 394 g/mol. The number of benzene rings is 2. The fourth-order valence-corrected chi connectivity index (χ4v) is 3.08. The number of hydrogen-bond acceptors (Lipinski definition) is 4. The quantitative estimate of drug-likeness (QED) is 0.533. The average Bonchev–Trinajstić information content (AvgIpc) is 3.16. The normalized spacial score (nSPS) is 11.8. The van der Waals surface area contributed by atoms with Crippen LogP contribution in [-0.4, -0.2) is 25.0 Å². The Morgan fingerprint density at radius 3 is 2.66 bits per heavy atom. The summed E-state index contributed by atoms with van der Waals surface area (Å²) in [6.07, 6.45) is 0.860. The predicted molar refractivity (Wildman–Crippen MR) is 112 cm³/mol. The van der Waals surface area contributed by atoms with E-state index in [1.54, 1.807) is 18.2 Å². The summed E-state index contributed by atoms with van der Waals surface area (Å²) in [5.41, 5.74) is 1.30. The van der Waals surface area contributed by atoms with Gasteiger partial charge in [-0.1, -0.05) is 30.3 Å². The van der Waals surface area contributed by atoms with E-state index in [-0.39, 0.29) is 17.9 Å². The molecule has 0 aliphatic rings. The van der Waals surface area contributed by atoms with E-state index in [0.29, 0.717) is 37.3 Å². The van der Waals surface area contributed by atoms with Gasteiger partial charge >= 0.3 is 0 Å². The lowest BCUT2D eigenvalue weighted by Crippen LogP contribution is -2.29. The first-order chi connectivity index (χ1) is 14.1. The lowest BCUT2D eigenvalue weighted by Gasteiger charge is -2.12. The van der Waals surface area contributed by atoms with E-state index in [9.17, 15) is 9.59 Å². The molecule has 0 fully saturated rings. The highest BCUT2D eigenvalue weighted by atomic mass is 16.5. The molecule has 2 amide bonds. The Labute approximate surface area is 170 Å². The molecule has 152 valence electrons. The van der Waals surface area contributed by atoms with Gasteiger partial charge in [0.15, 0.2) is 0 Å². The van der Waals surface area contributed by atoms with Gasteiger partial charge in [-0.25, -0.2) is 0 Å². The molecule has 2 N–H and O–H groups in total. The van der Waals surface area contributed by atoms with Gasteiger partial charge in [0.25, 0.3) is 5.91 Å². The maximum atomic E-state index is 12.3. The standard InChI is InChI=1S/C23H26N2O4/c1-3-28-20-12-7-5-10-18(20)23(27)24-14-8-13-22(26)25-16(2)21-15-17-9-4-6-11-19(17)29-21/h4-7,9-12,15-16H,3,8,13-14H2,1-2H3,(H,24,27)(H,25,26). The molecule has 2 aromatic carbocycles. The van der Waals surface area contributed by atoms with Gasteiger partial charge < -0.3 is 19.8 Å². The first-order valence-electron chi connectivity index (χ1n) is 9.86. The van der Waals surface area contributed by atoms with E-state index in [2.05, 4.69) is 10.6 Å². The van der Waals surface area contributed by atoms with Crippen LogP contribution in [0.5, 0.6) is 5.75 Å². The fraction of sp³-hybridized carbons (Fsp3) is 0.304. The highest BCUT2D eigenvalue weighted by molar-refractivity contribution is 5.96. The van der Waals surface area contributed by atoms with Crippen LogP contribution in [0.25, 0.3) is 11.0 Å². The van der Waals surface area contributed by atoms with Crippen LogP contribution in [0.4, 0.5) is 0 Å². The van der Waals surface area contributed by atoms with Crippen LogP contribution in [0.2, 0.25) is 0 Å². The number of ether oxygens (including phenoxy) is 1. The molecular formula is C23H26N2O4. The van der Waals surface area contributed by atoms with Crippen molar-refractivity contribution in [3.05, 3.63) is 65.9 Å². The maximum absolute atomic E-state index is 12.3. The van der Waals surface area contributed by atoms with E-state index in [0.717, 1.165) is 16.7 Å². The Kier molecular flexibility index (Phi) is 6.89. The summed E-state index contributed by atoms with van der Waals surface area (Å²) in [5.74, 6) is 0.998. The molecule has 1 atom stereocenters. The molecule has 0 spiro atoms. The predicted octanol–water partition coefficient (Wildman–Crippen LogP) is 4.22. The van der Waals surface area contributed by atoms with Crippen molar-refractivity contribution in [3.63, 3.8) is 0 Å². The van der Waals surface area contributed by atoms with Gasteiger partial charge in [-0.05, 0) is 44.5 Å². The van der Waals surface area contributed by atoms with E-state index in [1.807, 2.05) is 50.2 Å². The Hall–Kier alpha value is -3.28. The van der Waals surface area contributed by atoms with Crippen molar-refractivity contribution in [2.24, 2.45) is 0 Å². The van der Waals surface area contributed by atoms with Crippen molar-refractivity contribution in [1.29, 1.82) is 0 Å². The third-order valence-corrected chi connectivity index (χ3v) is 4.55. The maximum Gasteiger partial charge on any atom is 0.255 e. The highest BCUT2D eigenvalue weighted by Gasteiger charge is 2.15. The SMILES string of the molecule is CCOc1ccccc1C(=O)NCCCC(=O)NC(C)c1cc2ccccc2o1. The van der Waals surface area contributed by atoms with Crippen LogP contribution >= 0.6 is 0 Å². The van der Waals surface area contributed by atoms with Gasteiger partial charge in [0.2, 0.25) is 5.91 Å². The van der Waals surface area contributed by atoms with Crippen molar-refractivity contribution < 1.29 is 18.7 Å². The molecule has 1 aromatic heterocycles. The van der Waals surface area contributed by atoms with Crippen molar-refractivity contribution in [1.82, 2.24) is 10.6 Å². The Morgan fingerprint density at radius 2 is 1.86 bits per heavy atom. The Morgan fingerprint density at radius 1 is 1.10 bits per heavy atom. The third kappa shape index (κ3) is 5.38. The topological polar surface area (TPSA) is 80.6 Å². The molecule has 29 heavy (non-hydrogen) atoms. The molecule has 3 rings (SSSR count). The van der Waals surface area contributed by atoms with Crippen molar-refractivity contribution in [2.45, 2.75) is 32.7 Å². The van der Waals surface area contributed by atoms with Gasteiger partial charge in [0, 0.05) is 18.4 Å². The van der Waals surface area contributed by atoms with Crippen molar-refractivity contribution in [3.8, 4) is 5.75 Å².